The van der Waals surface area contributed by atoms with Crippen molar-refractivity contribution in [1.29, 1.82) is 0 Å². The minimum atomic E-state index is -4.55. The minimum Gasteiger partial charge on any atom is -0.367 e. The van der Waals surface area contributed by atoms with E-state index in [1.165, 1.54) is 6.92 Å². The number of anilines is 3. The zero-order valence-corrected chi connectivity index (χ0v) is 18.6. The predicted octanol–water partition coefficient (Wildman–Crippen LogP) is 4.06. The van der Waals surface area contributed by atoms with Crippen LogP contribution in [-0.2, 0) is 15.8 Å². The predicted molar refractivity (Wildman–Crippen MR) is 118 cm³/mol. The maximum absolute atomic E-state index is 13.4. The Hall–Kier alpha value is -3.37. The van der Waals surface area contributed by atoms with Crippen LogP contribution in [0.2, 0.25) is 0 Å². The molecule has 0 unspecified atom stereocenters. The van der Waals surface area contributed by atoms with Crippen LogP contribution in [0.5, 0.6) is 0 Å². The van der Waals surface area contributed by atoms with Gasteiger partial charge in [0.1, 0.15) is 11.4 Å². The molecule has 1 aromatic heterocycles. The standard InChI is InChI=1S/C23H25F3N6O2/c1-12(33)27-11-20(34)32-18-7-8-19(32)16-9-14(5-6-15(16)18)30-22-28-10-17(23(24,25)26)21(31-22)29-13-3-2-4-13/h5-6,9-10,13,18-19H,2-4,7-8,11H2,1H3,(H,27,33)(H2,28,29,30,31)/t18-,19-/m0/s1. The van der Waals surface area contributed by atoms with Gasteiger partial charge in [-0.2, -0.15) is 18.2 Å². The molecule has 2 amide bonds. The van der Waals surface area contributed by atoms with E-state index >= 15 is 0 Å². The lowest BCUT2D eigenvalue weighted by atomic mass is 9.91. The minimum absolute atomic E-state index is 0.0135. The molecule has 2 atom stereocenters. The summed E-state index contributed by atoms with van der Waals surface area (Å²) in [6, 6.07) is 5.51. The first-order valence-corrected chi connectivity index (χ1v) is 11.4. The molecule has 8 nitrogen and oxygen atoms in total. The first-order valence-electron chi connectivity index (χ1n) is 11.4. The molecule has 2 aliphatic heterocycles. The lowest BCUT2D eigenvalue weighted by molar-refractivity contribution is -0.137. The van der Waals surface area contributed by atoms with Crippen LogP contribution >= 0.6 is 0 Å². The molecule has 2 aromatic rings. The molecule has 5 rings (SSSR count). The zero-order chi connectivity index (χ0) is 24.0. The number of carbonyl (C=O) groups is 2. The van der Waals surface area contributed by atoms with Crippen molar-refractivity contribution < 1.29 is 22.8 Å². The van der Waals surface area contributed by atoms with Crippen LogP contribution in [-0.4, -0.2) is 39.3 Å². The molecule has 11 heteroatoms. The fourth-order valence-corrected chi connectivity index (χ4v) is 4.94. The second-order valence-electron chi connectivity index (χ2n) is 9.01. The number of rotatable bonds is 6. The summed E-state index contributed by atoms with van der Waals surface area (Å²) >= 11 is 0. The Morgan fingerprint density at radius 1 is 1.12 bits per heavy atom. The highest BCUT2D eigenvalue weighted by Gasteiger charge is 2.46. The van der Waals surface area contributed by atoms with Crippen molar-refractivity contribution in [3.05, 3.63) is 41.1 Å². The molecule has 3 N–H and O–H groups in total. The van der Waals surface area contributed by atoms with E-state index in [1.807, 2.05) is 23.1 Å². The Morgan fingerprint density at radius 2 is 1.85 bits per heavy atom. The van der Waals surface area contributed by atoms with Gasteiger partial charge >= 0.3 is 6.18 Å². The summed E-state index contributed by atoms with van der Waals surface area (Å²) in [5.74, 6) is -0.543. The van der Waals surface area contributed by atoms with Crippen LogP contribution in [0, 0.1) is 0 Å². The number of fused-ring (bicyclic) bond motifs is 5. The molecule has 0 radical (unpaired) electrons. The van der Waals surface area contributed by atoms with Gasteiger partial charge < -0.3 is 20.9 Å². The normalized spacial score (nSPS) is 21.1. The molecule has 34 heavy (non-hydrogen) atoms. The average Bonchev–Trinajstić information content (AvgIpc) is 3.31. The Morgan fingerprint density at radius 3 is 2.50 bits per heavy atom. The SMILES string of the molecule is CC(=O)NCC(=O)N1[C@H]2CC[C@H]1c1cc(Nc3ncc(C(F)(F)F)c(NC4CCC4)n3)ccc12. The zero-order valence-electron chi connectivity index (χ0n) is 18.6. The fraction of sp³-hybridized carbons (Fsp3) is 0.478. The number of nitrogens with one attached hydrogen (secondary N) is 3. The molecule has 3 heterocycles. The third kappa shape index (κ3) is 4.14. The highest BCUT2D eigenvalue weighted by molar-refractivity contribution is 5.85. The van der Waals surface area contributed by atoms with E-state index in [-0.39, 0.29) is 48.3 Å². The van der Waals surface area contributed by atoms with Gasteiger partial charge in [-0.15, -0.1) is 0 Å². The highest BCUT2D eigenvalue weighted by atomic mass is 19.4. The van der Waals surface area contributed by atoms with Crippen LogP contribution < -0.4 is 16.0 Å². The van der Waals surface area contributed by atoms with Crippen molar-refractivity contribution in [2.45, 2.75) is 63.3 Å². The first-order chi connectivity index (χ1) is 16.2. The van der Waals surface area contributed by atoms with Crippen LogP contribution in [0.3, 0.4) is 0 Å². The largest absolute Gasteiger partial charge is 0.421 e. The van der Waals surface area contributed by atoms with Gasteiger partial charge in [-0.25, -0.2) is 4.98 Å². The van der Waals surface area contributed by atoms with Crippen LogP contribution in [0.25, 0.3) is 0 Å². The summed E-state index contributed by atoms with van der Waals surface area (Å²) < 4.78 is 40.3. The van der Waals surface area contributed by atoms with Crippen molar-refractivity contribution in [1.82, 2.24) is 20.2 Å². The van der Waals surface area contributed by atoms with E-state index < -0.39 is 11.7 Å². The fourth-order valence-electron chi connectivity index (χ4n) is 4.94. The van der Waals surface area contributed by atoms with E-state index in [4.69, 9.17) is 0 Å². The van der Waals surface area contributed by atoms with Gasteiger partial charge in [-0.05, 0) is 55.4 Å². The number of hydrogen-bond donors (Lipinski definition) is 3. The Bertz CT molecular complexity index is 1130. The van der Waals surface area contributed by atoms with Crippen molar-refractivity contribution in [2.24, 2.45) is 0 Å². The number of carbonyl (C=O) groups excluding carboxylic acids is 2. The number of halogens is 3. The topological polar surface area (TPSA) is 99.3 Å². The number of benzene rings is 1. The summed E-state index contributed by atoms with van der Waals surface area (Å²) in [5.41, 5.74) is 1.80. The van der Waals surface area contributed by atoms with E-state index in [9.17, 15) is 22.8 Å². The summed E-state index contributed by atoms with van der Waals surface area (Å²) in [4.78, 5) is 33.7. The summed E-state index contributed by atoms with van der Waals surface area (Å²) in [5, 5.41) is 8.47. The summed E-state index contributed by atoms with van der Waals surface area (Å²) in [7, 11) is 0. The number of aromatic nitrogens is 2. The Balaban J connectivity index is 1.36. The number of nitrogens with zero attached hydrogens (tertiary/aromatic N) is 3. The quantitative estimate of drug-likeness (QED) is 0.584. The van der Waals surface area contributed by atoms with Gasteiger partial charge in [-0.1, -0.05) is 6.07 Å². The first kappa shape index (κ1) is 22.4. The highest BCUT2D eigenvalue weighted by Crippen LogP contribution is 2.53. The number of hydrogen-bond acceptors (Lipinski definition) is 6. The molecule has 1 aliphatic carbocycles. The van der Waals surface area contributed by atoms with Crippen LogP contribution in [0.1, 0.15) is 67.8 Å². The van der Waals surface area contributed by atoms with Crippen molar-refractivity contribution >= 4 is 29.3 Å². The van der Waals surface area contributed by atoms with Crippen molar-refractivity contribution in [3.63, 3.8) is 0 Å². The molecule has 2 fully saturated rings. The Kier molecular flexibility index (Phi) is 5.57. The molecule has 1 saturated heterocycles. The summed E-state index contributed by atoms with van der Waals surface area (Å²) in [6.07, 6.45) is 0.534. The van der Waals surface area contributed by atoms with Gasteiger partial charge in [-0.3, -0.25) is 9.59 Å². The smallest absolute Gasteiger partial charge is 0.367 e. The molecule has 0 spiro atoms. The molecule has 180 valence electrons. The van der Waals surface area contributed by atoms with Gasteiger partial charge in [0, 0.05) is 24.8 Å². The van der Waals surface area contributed by atoms with Gasteiger partial charge in [0.2, 0.25) is 17.8 Å². The molecule has 3 aliphatic rings. The molecule has 2 bridgehead atoms. The van der Waals surface area contributed by atoms with Crippen molar-refractivity contribution in [2.75, 3.05) is 17.2 Å². The number of amides is 2. The summed E-state index contributed by atoms with van der Waals surface area (Å²) in [6.45, 7) is 1.33. The lowest BCUT2D eigenvalue weighted by Gasteiger charge is -2.28. The van der Waals surface area contributed by atoms with Crippen LogP contribution in [0.4, 0.5) is 30.6 Å². The maximum atomic E-state index is 13.4. The third-order valence-corrected chi connectivity index (χ3v) is 6.76. The average molecular weight is 474 g/mol. The monoisotopic (exact) mass is 474 g/mol. The van der Waals surface area contributed by atoms with E-state index in [2.05, 4.69) is 25.9 Å². The van der Waals surface area contributed by atoms with E-state index in [1.54, 1.807) is 0 Å². The van der Waals surface area contributed by atoms with Gasteiger partial charge in [0.15, 0.2) is 0 Å². The molecule has 1 saturated carbocycles. The Labute approximate surface area is 194 Å². The number of alkyl halides is 3. The molecular formula is C23H25F3N6O2. The molecular weight excluding hydrogens is 449 g/mol. The van der Waals surface area contributed by atoms with Crippen molar-refractivity contribution in [3.8, 4) is 0 Å². The third-order valence-electron chi connectivity index (χ3n) is 6.76. The van der Waals surface area contributed by atoms with Gasteiger partial charge in [0.25, 0.3) is 0 Å². The maximum Gasteiger partial charge on any atom is 0.421 e. The van der Waals surface area contributed by atoms with Crippen LogP contribution in [0.15, 0.2) is 24.4 Å². The molecule has 1 aromatic carbocycles. The van der Waals surface area contributed by atoms with Gasteiger partial charge in [0.05, 0.1) is 18.6 Å². The lowest BCUT2D eigenvalue weighted by Crippen LogP contribution is -2.37. The van der Waals surface area contributed by atoms with E-state index in [0.29, 0.717) is 5.69 Å². The second kappa shape index (κ2) is 8.44. The van der Waals surface area contributed by atoms with E-state index in [0.717, 1.165) is 49.4 Å². The second-order valence-corrected chi connectivity index (χ2v) is 9.01.